The van der Waals surface area contributed by atoms with E-state index >= 15 is 0 Å². The van der Waals surface area contributed by atoms with Crippen molar-refractivity contribution in [3.63, 3.8) is 0 Å². The minimum Gasteiger partial charge on any atom is -0.493 e. The Morgan fingerprint density at radius 2 is 1.93 bits per heavy atom. The number of amides is 1. The number of benzene rings is 2. The highest BCUT2D eigenvalue weighted by Crippen LogP contribution is 2.35. The molecular weight excluding hydrogens is 422 g/mol. The summed E-state index contributed by atoms with van der Waals surface area (Å²) in [7, 11) is 1.56. The van der Waals surface area contributed by atoms with Gasteiger partial charge in [-0.05, 0) is 36.3 Å². The monoisotopic (exact) mass is 443 g/mol. The number of carboxylic acid groups (broad SMARTS) is 1. The summed E-state index contributed by atoms with van der Waals surface area (Å²) in [6.45, 7) is 2.51. The van der Waals surface area contributed by atoms with Crippen molar-refractivity contribution in [3.05, 3.63) is 64.1 Å². The van der Waals surface area contributed by atoms with Gasteiger partial charge < -0.3 is 14.6 Å². The van der Waals surface area contributed by atoms with Crippen molar-refractivity contribution in [1.82, 2.24) is 4.90 Å². The van der Waals surface area contributed by atoms with Crippen molar-refractivity contribution in [2.24, 2.45) is 0 Å². The molecule has 1 aliphatic heterocycles. The number of aryl methyl sites for hydroxylation is 1. The number of aliphatic carboxylic acids is 1. The van der Waals surface area contributed by atoms with E-state index < -0.39 is 5.97 Å². The van der Waals surface area contributed by atoms with Crippen LogP contribution in [0, 0.1) is 6.92 Å². The SMILES string of the molecule is COc1cc(/C=C2\SC(=S)N(CCC(=O)O)C2=O)ccc1OCc1ccc(C)cc1. The predicted octanol–water partition coefficient (Wildman–Crippen LogP) is 4.26. The van der Waals surface area contributed by atoms with E-state index in [2.05, 4.69) is 0 Å². The Bertz CT molecular complexity index is 1000. The van der Waals surface area contributed by atoms with Crippen LogP contribution in [0.3, 0.4) is 0 Å². The van der Waals surface area contributed by atoms with Gasteiger partial charge in [0.05, 0.1) is 18.4 Å². The average Bonchev–Trinajstić information content (AvgIpc) is 2.99. The van der Waals surface area contributed by atoms with Crippen molar-refractivity contribution in [1.29, 1.82) is 0 Å². The van der Waals surface area contributed by atoms with Crippen LogP contribution in [0.25, 0.3) is 6.08 Å². The molecule has 0 aliphatic carbocycles. The summed E-state index contributed by atoms with van der Waals surface area (Å²) >= 11 is 6.37. The molecule has 0 unspecified atom stereocenters. The van der Waals surface area contributed by atoms with Gasteiger partial charge in [-0.3, -0.25) is 14.5 Å². The topological polar surface area (TPSA) is 76.1 Å². The molecule has 0 aromatic heterocycles. The molecule has 3 rings (SSSR count). The summed E-state index contributed by atoms with van der Waals surface area (Å²) < 4.78 is 11.7. The summed E-state index contributed by atoms with van der Waals surface area (Å²) in [4.78, 5) is 25.1. The van der Waals surface area contributed by atoms with E-state index in [-0.39, 0.29) is 18.9 Å². The molecule has 2 aromatic rings. The van der Waals surface area contributed by atoms with Gasteiger partial charge in [0.15, 0.2) is 11.5 Å². The van der Waals surface area contributed by atoms with Gasteiger partial charge in [0.25, 0.3) is 5.91 Å². The lowest BCUT2D eigenvalue weighted by atomic mass is 10.1. The van der Waals surface area contributed by atoms with Crippen molar-refractivity contribution >= 4 is 46.3 Å². The number of hydrogen-bond donors (Lipinski definition) is 1. The number of carboxylic acids is 1. The van der Waals surface area contributed by atoms with E-state index in [0.29, 0.717) is 27.3 Å². The molecule has 6 nitrogen and oxygen atoms in total. The summed E-state index contributed by atoms with van der Waals surface area (Å²) in [5.74, 6) is -0.106. The highest BCUT2D eigenvalue weighted by molar-refractivity contribution is 8.26. The van der Waals surface area contributed by atoms with Gasteiger partial charge in [-0.25, -0.2) is 0 Å². The lowest BCUT2D eigenvalue weighted by Crippen LogP contribution is -2.30. The first-order valence-electron chi connectivity index (χ1n) is 9.21. The van der Waals surface area contributed by atoms with Crippen LogP contribution in [0.1, 0.15) is 23.1 Å². The normalized spacial score (nSPS) is 15.0. The van der Waals surface area contributed by atoms with Crippen LogP contribution in [0.4, 0.5) is 0 Å². The lowest BCUT2D eigenvalue weighted by Gasteiger charge is -2.12. The van der Waals surface area contributed by atoms with Gasteiger partial charge >= 0.3 is 5.97 Å². The van der Waals surface area contributed by atoms with Gasteiger partial charge in [0.2, 0.25) is 0 Å². The first kappa shape index (κ1) is 21.9. The van der Waals surface area contributed by atoms with Gasteiger partial charge in [-0.2, -0.15) is 0 Å². The Kier molecular flexibility index (Phi) is 7.12. The number of thioether (sulfide) groups is 1. The smallest absolute Gasteiger partial charge is 0.305 e. The minimum atomic E-state index is -0.973. The number of nitrogens with zero attached hydrogens (tertiary/aromatic N) is 1. The molecule has 2 aromatic carbocycles. The molecule has 0 bridgehead atoms. The Morgan fingerprint density at radius 1 is 1.20 bits per heavy atom. The number of thiocarbonyl (C=S) groups is 1. The van der Waals surface area contributed by atoms with E-state index in [0.717, 1.165) is 22.9 Å². The maximum absolute atomic E-state index is 12.5. The van der Waals surface area contributed by atoms with Crippen LogP contribution in [0.15, 0.2) is 47.4 Å². The zero-order valence-electron chi connectivity index (χ0n) is 16.6. The standard InChI is InChI=1S/C22H21NO5S2/c1-14-3-5-15(6-4-14)13-28-17-8-7-16(11-18(17)27-2)12-19-21(26)23(22(29)30-19)10-9-20(24)25/h3-8,11-12H,9-10,13H2,1-2H3,(H,24,25)/b19-12-. The number of hydrogen-bond acceptors (Lipinski definition) is 6. The number of carbonyl (C=O) groups excluding carboxylic acids is 1. The molecule has 1 fully saturated rings. The first-order chi connectivity index (χ1) is 14.4. The van der Waals surface area contributed by atoms with Crippen LogP contribution in [0.5, 0.6) is 11.5 Å². The fraction of sp³-hybridized carbons (Fsp3) is 0.227. The molecule has 0 saturated carbocycles. The van der Waals surface area contributed by atoms with Gasteiger partial charge in [-0.15, -0.1) is 0 Å². The van der Waals surface area contributed by atoms with E-state index in [1.54, 1.807) is 25.3 Å². The third-order valence-corrected chi connectivity index (χ3v) is 5.80. The van der Waals surface area contributed by atoms with Crippen molar-refractivity contribution in [3.8, 4) is 11.5 Å². The second-order valence-corrected chi connectivity index (χ2v) is 8.34. The Balaban J connectivity index is 1.72. The fourth-order valence-corrected chi connectivity index (χ4v) is 4.10. The van der Waals surface area contributed by atoms with Gasteiger partial charge in [-0.1, -0.05) is 59.9 Å². The molecule has 8 heteroatoms. The van der Waals surface area contributed by atoms with Crippen LogP contribution in [0.2, 0.25) is 0 Å². The number of methoxy groups -OCH3 is 1. The van der Waals surface area contributed by atoms with E-state index in [1.165, 1.54) is 10.5 Å². The molecule has 0 spiro atoms. The summed E-state index contributed by atoms with van der Waals surface area (Å²) in [5.41, 5.74) is 3.00. The third kappa shape index (κ3) is 5.40. The van der Waals surface area contributed by atoms with E-state index in [4.69, 9.17) is 26.8 Å². The minimum absolute atomic E-state index is 0.0620. The summed E-state index contributed by atoms with van der Waals surface area (Å²) in [6.07, 6.45) is 1.56. The Labute approximate surface area is 184 Å². The van der Waals surface area contributed by atoms with E-state index in [1.807, 2.05) is 37.3 Å². The summed E-state index contributed by atoms with van der Waals surface area (Å²) in [6, 6.07) is 13.5. The zero-order chi connectivity index (χ0) is 21.7. The van der Waals surface area contributed by atoms with Crippen LogP contribution >= 0.6 is 24.0 Å². The quantitative estimate of drug-likeness (QED) is 0.483. The largest absolute Gasteiger partial charge is 0.493 e. The molecule has 1 saturated heterocycles. The van der Waals surface area contributed by atoms with Crippen LogP contribution in [-0.4, -0.2) is 39.9 Å². The molecule has 1 N–H and O–H groups in total. The first-order valence-corrected chi connectivity index (χ1v) is 10.4. The lowest BCUT2D eigenvalue weighted by molar-refractivity contribution is -0.137. The molecule has 1 amide bonds. The maximum atomic E-state index is 12.5. The molecule has 156 valence electrons. The Hall–Kier alpha value is -2.84. The molecule has 0 atom stereocenters. The second-order valence-electron chi connectivity index (χ2n) is 6.66. The Morgan fingerprint density at radius 3 is 2.60 bits per heavy atom. The molecule has 0 radical (unpaired) electrons. The highest BCUT2D eigenvalue weighted by Gasteiger charge is 2.32. The molecule has 1 aliphatic rings. The molecule has 30 heavy (non-hydrogen) atoms. The average molecular weight is 444 g/mol. The van der Waals surface area contributed by atoms with Crippen molar-refractivity contribution in [2.75, 3.05) is 13.7 Å². The predicted molar refractivity (Wildman–Crippen MR) is 121 cm³/mol. The second kappa shape index (κ2) is 9.77. The number of carbonyl (C=O) groups is 2. The van der Waals surface area contributed by atoms with Gasteiger partial charge in [0.1, 0.15) is 10.9 Å². The van der Waals surface area contributed by atoms with Crippen molar-refractivity contribution in [2.45, 2.75) is 20.0 Å². The highest BCUT2D eigenvalue weighted by atomic mass is 32.2. The van der Waals surface area contributed by atoms with Crippen LogP contribution < -0.4 is 9.47 Å². The molecule has 1 heterocycles. The van der Waals surface area contributed by atoms with Crippen molar-refractivity contribution < 1.29 is 24.2 Å². The van der Waals surface area contributed by atoms with Crippen LogP contribution in [-0.2, 0) is 16.2 Å². The van der Waals surface area contributed by atoms with Gasteiger partial charge in [0, 0.05) is 6.54 Å². The summed E-state index contributed by atoms with van der Waals surface area (Å²) in [5, 5.41) is 8.83. The molecular formula is C22H21NO5S2. The third-order valence-electron chi connectivity index (χ3n) is 4.42. The number of rotatable bonds is 8. The zero-order valence-corrected chi connectivity index (χ0v) is 18.2. The number of ether oxygens (including phenoxy) is 2. The fourth-order valence-electron chi connectivity index (χ4n) is 2.79. The maximum Gasteiger partial charge on any atom is 0.305 e. The van der Waals surface area contributed by atoms with E-state index in [9.17, 15) is 9.59 Å².